The SMILES string of the molecule is CC(C)CC(O)CNC1CCCC(C(C)C)CC1. The Morgan fingerprint density at radius 3 is 2.39 bits per heavy atom. The fourth-order valence-corrected chi connectivity index (χ4v) is 3.13. The summed E-state index contributed by atoms with van der Waals surface area (Å²) in [5.41, 5.74) is 0. The topological polar surface area (TPSA) is 32.3 Å². The summed E-state index contributed by atoms with van der Waals surface area (Å²) in [7, 11) is 0. The van der Waals surface area contributed by atoms with Gasteiger partial charge in [-0.25, -0.2) is 0 Å². The highest BCUT2D eigenvalue weighted by molar-refractivity contribution is 4.77. The molecule has 1 fully saturated rings. The van der Waals surface area contributed by atoms with E-state index >= 15 is 0 Å². The summed E-state index contributed by atoms with van der Waals surface area (Å²) < 4.78 is 0. The molecule has 0 aliphatic heterocycles. The zero-order chi connectivity index (χ0) is 13.5. The van der Waals surface area contributed by atoms with E-state index in [1.807, 2.05) is 0 Å². The maximum Gasteiger partial charge on any atom is 0.0667 e. The zero-order valence-corrected chi connectivity index (χ0v) is 12.8. The minimum Gasteiger partial charge on any atom is -0.392 e. The maximum atomic E-state index is 9.90. The summed E-state index contributed by atoms with van der Waals surface area (Å²) in [5, 5.41) is 13.5. The first-order chi connectivity index (χ1) is 8.49. The first-order valence-corrected chi connectivity index (χ1v) is 7.90. The first-order valence-electron chi connectivity index (χ1n) is 7.90. The van der Waals surface area contributed by atoms with Gasteiger partial charge >= 0.3 is 0 Å². The Labute approximate surface area is 114 Å². The van der Waals surface area contributed by atoms with E-state index in [0.29, 0.717) is 12.0 Å². The Bertz CT molecular complexity index is 215. The third kappa shape index (κ3) is 6.19. The Morgan fingerprint density at radius 1 is 1.06 bits per heavy atom. The van der Waals surface area contributed by atoms with Gasteiger partial charge in [0.25, 0.3) is 0 Å². The summed E-state index contributed by atoms with van der Waals surface area (Å²) in [4.78, 5) is 0. The van der Waals surface area contributed by atoms with Gasteiger partial charge in [0.15, 0.2) is 0 Å². The van der Waals surface area contributed by atoms with Crippen molar-refractivity contribution in [1.82, 2.24) is 5.32 Å². The van der Waals surface area contributed by atoms with Crippen LogP contribution in [0.15, 0.2) is 0 Å². The minimum atomic E-state index is -0.172. The second-order valence-electron chi connectivity index (χ2n) is 6.90. The van der Waals surface area contributed by atoms with Crippen molar-refractivity contribution >= 4 is 0 Å². The largest absolute Gasteiger partial charge is 0.392 e. The van der Waals surface area contributed by atoms with E-state index in [1.54, 1.807) is 0 Å². The molecule has 3 unspecified atom stereocenters. The van der Waals surface area contributed by atoms with Crippen LogP contribution in [0.3, 0.4) is 0 Å². The number of hydrogen-bond acceptors (Lipinski definition) is 2. The van der Waals surface area contributed by atoms with E-state index < -0.39 is 0 Å². The molecule has 1 aliphatic rings. The van der Waals surface area contributed by atoms with E-state index in [1.165, 1.54) is 32.1 Å². The normalized spacial score (nSPS) is 27.5. The van der Waals surface area contributed by atoms with Gasteiger partial charge in [-0.15, -0.1) is 0 Å². The molecular formula is C16H33NO. The quantitative estimate of drug-likeness (QED) is 0.711. The minimum absolute atomic E-state index is 0.172. The Balaban J connectivity index is 2.23. The van der Waals surface area contributed by atoms with Crippen LogP contribution in [-0.4, -0.2) is 23.8 Å². The number of rotatable bonds is 6. The third-order valence-corrected chi connectivity index (χ3v) is 4.34. The summed E-state index contributed by atoms with van der Waals surface area (Å²) in [6.07, 6.45) is 7.42. The highest BCUT2D eigenvalue weighted by Gasteiger charge is 2.21. The zero-order valence-electron chi connectivity index (χ0n) is 12.8. The molecule has 0 aromatic rings. The van der Waals surface area contributed by atoms with Crippen LogP contribution in [0, 0.1) is 17.8 Å². The second kappa shape index (κ2) is 8.16. The second-order valence-corrected chi connectivity index (χ2v) is 6.90. The monoisotopic (exact) mass is 255 g/mol. The Hall–Kier alpha value is -0.0800. The van der Waals surface area contributed by atoms with Gasteiger partial charge in [0.2, 0.25) is 0 Å². The molecule has 0 amide bonds. The molecule has 0 radical (unpaired) electrons. The molecule has 0 heterocycles. The van der Waals surface area contributed by atoms with Gasteiger partial charge in [-0.2, -0.15) is 0 Å². The summed E-state index contributed by atoms with van der Waals surface area (Å²) in [6, 6.07) is 0.635. The van der Waals surface area contributed by atoms with Crippen LogP contribution < -0.4 is 5.32 Å². The Kier molecular flexibility index (Phi) is 7.25. The fourth-order valence-electron chi connectivity index (χ4n) is 3.13. The molecule has 0 spiro atoms. The number of nitrogens with one attached hydrogen (secondary N) is 1. The molecule has 2 nitrogen and oxygen atoms in total. The van der Waals surface area contributed by atoms with Crippen molar-refractivity contribution < 1.29 is 5.11 Å². The molecule has 0 aromatic heterocycles. The van der Waals surface area contributed by atoms with Crippen LogP contribution in [0.4, 0.5) is 0 Å². The molecule has 0 saturated heterocycles. The Morgan fingerprint density at radius 2 is 1.78 bits per heavy atom. The summed E-state index contributed by atoms with van der Waals surface area (Å²) in [6.45, 7) is 9.81. The molecule has 18 heavy (non-hydrogen) atoms. The van der Waals surface area contributed by atoms with Crippen molar-refractivity contribution in [2.45, 2.75) is 78.4 Å². The lowest BCUT2D eigenvalue weighted by Crippen LogP contribution is -2.35. The maximum absolute atomic E-state index is 9.90. The highest BCUT2D eigenvalue weighted by atomic mass is 16.3. The van der Waals surface area contributed by atoms with Crippen molar-refractivity contribution in [3.63, 3.8) is 0 Å². The molecule has 0 bridgehead atoms. The van der Waals surface area contributed by atoms with Gasteiger partial charge in [0.05, 0.1) is 6.10 Å². The highest BCUT2D eigenvalue weighted by Crippen LogP contribution is 2.28. The van der Waals surface area contributed by atoms with Crippen LogP contribution in [0.5, 0.6) is 0 Å². The van der Waals surface area contributed by atoms with Gasteiger partial charge in [0.1, 0.15) is 0 Å². The molecule has 3 atom stereocenters. The average molecular weight is 255 g/mol. The lowest BCUT2D eigenvalue weighted by Gasteiger charge is -2.21. The van der Waals surface area contributed by atoms with Crippen molar-refractivity contribution in [2.24, 2.45) is 17.8 Å². The predicted molar refractivity (Wildman–Crippen MR) is 78.7 cm³/mol. The van der Waals surface area contributed by atoms with Gasteiger partial charge in [-0.1, -0.05) is 40.5 Å². The predicted octanol–water partition coefficient (Wildman–Crippen LogP) is 3.59. The van der Waals surface area contributed by atoms with Crippen LogP contribution in [0.25, 0.3) is 0 Å². The smallest absolute Gasteiger partial charge is 0.0667 e. The third-order valence-electron chi connectivity index (χ3n) is 4.34. The fraction of sp³-hybridized carbons (Fsp3) is 1.00. The molecule has 108 valence electrons. The van der Waals surface area contributed by atoms with Gasteiger partial charge < -0.3 is 10.4 Å². The number of aliphatic hydroxyl groups excluding tert-OH is 1. The summed E-state index contributed by atoms with van der Waals surface area (Å²) in [5.74, 6) is 2.33. The van der Waals surface area contributed by atoms with Crippen LogP contribution in [-0.2, 0) is 0 Å². The first kappa shape index (κ1) is 16.0. The van der Waals surface area contributed by atoms with Crippen LogP contribution >= 0.6 is 0 Å². The van der Waals surface area contributed by atoms with Crippen molar-refractivity contribution in [3.05, 3.63) is 0 Å². The van der Waals surface area contributed by atoms with Gasteiger partial charge in [0, 0.05) is 12.6 Å². The number of aliphatic hydroxyl groups is 1. The lowest BCUT2D eigenvalue weighted by molar-refractivity contribution is 0.141. The average Bonchev–Trinajstić information content (AvgIpc) is 2.50. The molecular weight excluding hydrogens is 222 g/mol. The van der Waals surface area contributed by atoms with E-state index in [-0.39, 0.29) is 6.10 Å². The number of hydrogen-bond donors (Lipinski definition) is 2. The van der Waals surface area contributed by atoms with Gasteiger partial charge in [-0.3, -0.25) is 0 Å². The van der Waals surface area contributed by atoms with Gasteiger partial charge in [-0.05, 0) is 43.4 Å². The van der Waals surface area contributed by atoms with Crippen molar-refractivity contribution in [1.29, 1.82) is 0 Å². The lowest BCUT2D eigenvalue weighted by atomic mass is 9.89. The van der Waals surface area contributed by atoms with Crippen LogP contribution in [0.2, 0.25) is 0 Å². The molecule has 0 aromatic carbocycles. The summed E-state index contributed by atoms with van der Waals surface area (Å²) >= 11 is 0. The molecule has 2 heteroatoms. The standard InChI is InChI=1S/C16H33NO/c1-12(2)10-16(18)11-17-15-7-5-6-14(8-9-15)13(3)4/h12-18H,5-11H2,1-4H3. The molecule has 1 rings (SSSR count). The van der Waals surface area contributed by atoms with E-state index in [4.69, 9.17) is 0 Å². The molecule has 2 N–H and O–H groups in total. The molecule has 1 saturated carbocycles. The molecule has 1 aliphatic carbocycles. The van der Waals surface area contributed by atoms with Crippen LogP contribution in [0.1, 0.15) is 66.2 Å². The van der Waals surface area contributed by atoms with E-state index in [2.05, 4.69) is 33.0 Å². The van der Waals surface area contributed by atoms with Crippen molar-refractivity contribution in [2.75, 3.05) is 6.54 Å². The van der Waals surface area contributed by atoms with Crippen molar-refractivity contribution in [3.8, 4) is 0 Å². The van der Waals surface area contributed by atoms with E-state index in [0.717, 1.165) is 24.8 Å². The van der Waals surface area contributed by atoms with E-state index in [9.17, 15) is 5.11 Å².